The number of hydrogen-bond donors (Lipinski definition) is 0. The van der Waals surface area contributed by atoms with E-state index in [9.17, 15) is 4.79 Å². The average Bonchev–Trinajstić information content (AvgIpc) is 2.10. The summed E-state index contributed by atoms with van der Waals surface area (Å²) in [5.41, 5.74) is 1.14. The van der Waals surface area contributed by atoms with Crippen LogP contribution in [0.3, 0.4) is 0 Å². The van der Waals surface area contributed by atoms with E-state index >= 15 is 0 Å². The molecule has 0 radical (unpaired) electrons. The molecule has 1 nitrogen and oxygen atoms in total. The Hall–Kier alpha value is -0.590. The molecule has 0 aliphatic heterocycles. The van der Waals surface area contributed by atoms with Crippen LogP contribution >= 0.6 is 0 Å². The van der Waals surface area contributed by atoms with E-state index in [1.165, 1.54) is 19.3 Å². The second kappa shape index (κ2) is 3.42. The first-order chi connectivity index (χ1) is 5.88. The van der Waals surface area contributed by atoms with Crippen molar-refractivity contribution >= 4 is 5.78 Å². The van der Waals surface area contributed by atoms with Crippen LogP contribution in [0.15, 0.2) is 11.6 Å². The summed E-state index contributed by atoms with van der Waals surface area (Å²) in [6.07, 6.45) is 10.4. The molecule has 1 fully saturated rings. The van der Waals surface area contributed by atoms with Crippen molar-refractivity contribution in [2.75, 3.05) is 0 Å². The largest absolute Gasteiger partial charge is 0.294 e. The van der Waals surface area contributed by atoms with Gasteiger partial charge in [-0.1, -0.05) is 18.9 Å². The van der Waals surface area contributed by atoms with Gasteiger partial charge in [0.15, 0.2) is 5.78 Å². The topological polar surface area (TPSA) is 17.1 Å². The van der Waals surface area contributed by atoms with Crippen LogP contribution in [0, 0.1) is 5.92 Å². The molecule has 0 saturated heterocycles. The van der Waals surface area contributed by atoms with Crippen LogP contribution in [-0.2, 0) is 4.79 Å². The zero-order chi connectivity index (χ0) is 8.39. The molecule has 0 aromatic heterocycles. The smallest absolute Gasteiger partial charge is 0.161 e. The number of hydrogen-bond acceptors (Lipinski definition) is 1. The monoisotopic (exact) mass is 164 g/mol. The number of carbonyl (C=O) groups excluding carboxylic acids is 1. The van der Waals surface area contributed by atoms with Crippen LogP contribution in [-0.4, -0.2) is 5.78 Å². The molecule has 0 heterocycles. The number of allylic oxidation sites excluding steroid dienone is 2. The lowest BCUT2D eigenvalue weighted by atomic mass is 9.80. The van der Waals surface area contributed by atoms with Crippen LogP contribution in [0.2, 0.25) is 0 Å². The summed E-state index contributed by atoms with van der Waals surface area (Å²) in [5.74, 6) is 0.867. The van der Waals surface area contributed by atoms with Crippen molar-refractivity contribution in [3.05, 3.63) is 11.6 Å². The predicted molar refractivity (Wildman–Crippen MR) is 48.9 cm³/mol. The second-order valence-corrected chi connectivity index (χ2v) is 3.97. The highest BCUT2D eigenvalue weighted by Crippen LogP contribution is 2.30. The molecule has 2 aliphatic rings. The number of fused-ring (bicyclic) bond motifs is 2. The molecule has 2 aliphatic carbocycles. The molecule has 12 heavy (non-hydrogen) atoms. The first-order valence-electron chi connectivity index (χ1n) is 5.11. The number of carbonyl (C=O) groups is 1. The highest BCUT2D eigenvalue weighted by atomic mass is 16.1. The maximum absolute atomic E-state index is 11.7. The minimum atomic E-state index is 0.394. The molecule has 1 unspecified atom stereocenters. The van der Waals surface area contributed by atoms with Gasteiger partial charge in [-0.25, -0.2) is 0 Å². The molecule has 2 bridgehead atoms. The average molecular weight is 164 g/mol. The van der Waals surface area contributed by atoms with E-state index in [2.05, 4.69) is 6.08 Å². The summed E-state index contributed by atoms with van der Waals surface area (Å²) in [6, 6.07) is 0. The molecule has 0 spiro atoms. The van der Waals surface area contributed by atoms with E-state index in [0.717, 1.165) is 31.3 Å². The Balaban J connectivity index is 2.17. The summed E-state index contributed by atoms with van der Waals surface area (Å²) >= 11 is 0. The third kappa shape index (κ3) is 1.45. The fourth-order valence-corrected chi connectivity index (χ4v) is 2.34. The minimum absolute atomic E-state index is 0.394. The molecule has 1 saturated carbocycles. The van der Waals surface area contributed by atoms with Crippen LogP contribution in [0.5, 0.6) is 0 Å². The van der Waals surface area contributed by atoms with Gasteiger partial charge in [0.2, 0.25) is 0 Å². The molecule has 0 N–H and O–H groups in total. The Labute approximate surface area is 73.8 Å². The first kappa shape index (κ1) is 8.03. The van der Waals surface area contributed by atoms with Crippen molar-refractivity contribution in [2.45, 2.75) is 44.9 Å². The Kier molecular flexibility index (Phi) is 2.29. The molecule has 1 heteroatoms. The molecular formula is C11H16O. The maximum Gasteiger partial charge on any atom is 0.161 e. The van der Waals surface area contributed by atoms with Crippen molar-refractivity contribution in [2.24, 2.45) is 5.92 Å². The summed E-state index contributed by atoms with van der Waals surface area (Å²) in [4.78, 5) is 11.7. The van der Waals surface area contributed by atoms with Crippen molar-refractivity contribution in [3.8, 4) is 0 Å². The summed E-state index contributed by atoms with van der Waals surface area (Å²) in [6.45, 7) is 0. The lowest BCUT2D eigenvalue weighted by Gasteiger charge is -2.23. The standard InChI is InChI=1S/C11H16O/c12-11-9-5-2-1-3-6-10(11)8-4-7-9/h7,10H,1-6,8H2. The van der Waals surface area contributed by atoms with Crippen molar-refractivity contribution < 1.29 is 4.79 Å². The van der Waals surface area contributed by atoms with Crippen LogP contribution in [0.25, 0.3) is 0 Å². The van der Waals surface area contributed by atoms with Crippen molar-refractivity contribution in [1.82, 2.24) is 0 Å². The van der Waals surface area contributed by atoms with Crippen LogP contribution < -0.4 is 0 Å². The van der Waals surface area contributed by atoms with Gasteiger partial charge in [-0.15, -0.1) is 0 Å². The molecule has 2 rings (SSSR count). The van der Waals surface area contributed by atoms with E-state index in [0.29, 0.717) is 11.7 Å². The van der Waals surface area contributed by atoms with Crippen LogP contribution in [0.1, 0.15) is 44.9 Å². The molecule has 0 amide bonds. The first-order valence-corrected chi connectivity index (χ1v) is 5.11. The quantitative estimate of drug-likeness (QED) is 0.538. The molecule has 1 atom stereocenters. The third-order valence-electron chi connectivity index (χ3n) is 3.09. The highest BCUT2D eigenvalue weighted by Gasteiger charge is 2.25. The predicted octanol–water partition coefficient (Wildman–Crippen LogP) is 2.86. The Morgan fingerprint density at radius 1 is 1.17 bits per heavy atom. The van der Waals surface area contributed by atoms with Gasteiger partial charge in [0.1, 0.15) is 0 Å². The second-order valence-electron chi connectivity index (χ2n) is 3.97. The van der Waals surface area contributed by atoms with E-state index in [-0.39, 0.29) is 0 Å². The van der Waals surface area contributed by atoms with Gasteiger partial charge >= 0.3 is 0 Å². The van der Waals surface area contributed by atoms with Gasteiger partial charge in [-0.05, 0) is 37.7 Å². The van der Waals surface area contributed by atoms with E-state index in [1.807, 2.05) is 0 Å². The number of rotatable bonds is 0. The van der Waals surface area contributed by atoms with E-state index < -0.39 is 0 Å². The number of ketones is 1. The lowest BCUT2D eigenvalue weighted by Crippen LogP contribution is -2.21. The zero-order valence-corrected chi connectivity index (χ0v) is 7.51. The fraction of sp³-hybridized carbons (Fsp3) is 0.727. The molecule has 0 aromatic carbocycles. The van der Waals surface area contributed by atoms with E-state index in [1.54, 1.807) is 0 Å². The van der Waals surface area contributed by atoms with Gasteiger partial charge in [0, 0.05) is 5.92 Å². The third-order valence-corrected chi connectivity index (χ3v) is 3.09. The Morgan fingerprint density at radius 2 is 2.08 bits per heavy atom. The molecule has 0 aromatic rings. The fourth-order valence-electron chi connectivity index (χ4n) is 2.34. The van der Waals surface area contributed by atoms with Gasteiger partial charge in [-0.3, -0.25) is 4.79 Å². The van der Waals surface area contributed by atoms with Gasteiger partial charge < -0.3 is 0 Å². The van der Waals surface area contributed by atoms with Gasteiger partial charge in [-0.2, -0.15) is 0 Å². The highest BCUT2D eigenvalue weighted by molar-refractivity contribution is 5.97. The molecular weight excluding hydrogens is 148 g/mol. The summed E-state index contributed by atoms with van der Waals surface area (Å²) in [7, 11) is 0. The maximum atomic E-state index is 11.7. The molecule has 66 valence electrons. The normalized spacial score (nSPS) is 30.5. The zero-order valence-electron chi connectivity index (χ0n) is 7.51. The summed E-state index contributed by atoms with van der Waals surface area (Å²) in [5, 5.41) is 0. The SMILES string of the molecule is O=C1C2=CCCC1CCCCC2. The summed E-state index contributed by atoms with van der Waals surface area (Å²) < 4.78 is 0. The van der Waals surface area contributed by atoms with Gasteiger partial charge in [0.25, 0.3) is 0 Å². The Bertz CT molecular complexity index is 215. The van der Waals surface area contributed by atoms with Gasteiger partial charge in [0.05, 0.1) is 0 Å². The number of Topliss-reactive ketones (excluding diaryl/α,β-unsaturated/α-hetero) is 1. The van der Waals surface area contributed by atoms with Crippen molar-refractivity contribution in [3.63, 3.8) is 0 Å². The van der Waals surface area contributed by atoms with E-state index in [4.69, 9.17) is 0 Å². The van der Waals surface area contributed by atoms with Crippen molar-refractivity contribution in [1.29, 1.82) is 0 Å². The minimum Gasteiger partial charge on any atom is -0.294 e. The van der Waals surface area contributed by atoms with Crippen LogP contribution in [0.4, 0.5) is 0 Å². The lowest BCUT2D eigenvalue weighted by molar-refractivity contribution is -0.120. The Morgan fingerprint density at radius 3 is 3.00 bits per heavy atom.